The van der Waals surface area contributed by atoms with Gasteiger partial charge in [0, 0.05) is 17.6 Å². The number of carbonyl (C=O) groups excluding carboxylic acids is 1. The largest absolute Gasteiger partial charge is 0.480 e. The second-order valence-electron chi connectivity index (χ2n) is 4.23. The van der Waals surface area contributed by atoms with E-state index in [0.29, 0.717) is 19.8 Å². The Bertz CT molecular complexity index is 706. The summed E-state index contributed by atoms with van der Waals surface area (Å²) >= 11 is 18.2. The second-order valence-corrected chi connectivity index (χ2v) is 6.75. The number of likely N-dealkylation sites (N-methyl/N-ethyl adjacent to an activating group) is 1. The Balaban J connectivity index is 2.43. The number of amides is 1. The van der Waals surface area contributed by atoms with Crippen molar-refractivity contribution in [2.45, 2.75) is 0 Å². The third kappa shape index (κ3) is 3.73. The van der Waals surface area contributed by atoms with E-state index >= 15 is 0 Å². The van der Waals surface area contributed by atoms with E-state index in [1.54, 1.807) is 7.05 Å². The molecule has 116 valence electrons. The number of aliphatic carboxylic acids is 1. The quantitative estimate of drug-likeness (QED) is 0.641. The molecule has 0 aromatic heterocycles. The van der Waals surface area contributed by atoms with E-state index in [1.807, 2.05) is 0 Å². The summed E-state index contributed by atoms with van der Waals surface area (Å²) in [5.74, 6) is -1.25. The molecule has 1 saturated heterocycles. The number of carboxylic acid groups (broad SMARTS) is 1. The van der Waals surface area contributed by atoms with Crippen molar-refractivity contribution >= 4 is 69.5 Å². The van der Waals surface area contributed by atoms with Crippen molar-refractivity contribution in [1.29, 1.82) is 0 Å². The Morgan fingerprint density at radius 2 is 2.18 bits per heavy atom. The van der Waals surface area contributed by atoms with E-state index in [4.69, 9.17) is 45.3 Å². The summed E-state index contributed by atoms with van der Waals surface area (Å²) in [6.07, 6.45) is 1.53. The van der Waals surface area contributed by atoms with Crippen molar-refractivity contribution < 1.29 is 19.4 Å². The minimum atomic E-state index is -1.14. The fourth-order valence-corrected chi connectivity index (χ4v) is 3.39. The molecule has 1 aromatic rings. The molecular weight excluding hydrogens is 369 g/mol. The van der Waals surface area contributed by atoms with Crippen LogP contribution in [0.4, 0.5) is 0 Å². The lowest BCUT2D eigenvalue weighted by Gasteiger charge is -2.10. The third-order valence-electron chi connectivity index (χ3n) is 2.65. The van der Waals surface area contributed by atoms with Gasteiger partial charge in [0.25, 0.3) is 5.91 Å². The zero-order valence-electron chi connectivity index (χ0n) is 11.1. The van der Waals surface area contributed by atoms with Crippen molar-refractivity contribution in [3.05, 3.63) is 32.6 Å². The summed E-state index contributed by atoms with van der Waals surface area (Å²) in [5.41, 5.74) is 0.410. The monoisotopic (exact) mass is 377 g/mol. The van der Waals surface area contributed by atoms with Crippen molar-refractivity contribution in [2.24, 2.45) is 0 Å². The van der Waals surface area contributed by atoms with E-state index in [-0.39, 0.29) is 16.7 Å². The first-order chi connectivity index (χ1) is 10.3. The van der Waals surface area contributed by atoms with Gasteiger partial charge >= 0.3 is 5.97 Å². The molecule has 5 nitrogen and oxygen atoms in total. The number of ether oxygens (including phenoxy) is 1. The van der Waals surface area contributed by atoms with E-state index in [1.165, 1.54) is 23.1 Å². The maximum atomic E-state index is 12.0. The summed E-state index contributed by atoms with van der Waals surface area (Å²) in [4.78, 5) is 24.4. The molecule has 1 aromatic carbocycles. The first-order valence-corrected chi connectivity index (χ1v) is 7.83. The predicted octanol–water partition coefficient (Wildman–Crippen LogP) is 3.29. The molecule has 0 radical (unpaired) electrons. The Hall–Kier alpha value is -1.28. The molecular formula is C13H9Cl2NO4S2. The number of carboxylic acids is 1. The van der Waals surface area contributed by atoms with Gasteiger partial charge in [0.15, 0.2) is 6.61 Å². The smallest absolute Gasteiger partial charge is 0.341 e. The molecule has 2 rings (SSSR count). The zero-order valence-corrected chi connectivity index (χ0v) is 14.3. The minimum absolute atomic E-state index is 0.148. The Labute approximate surface area is 145 Å². The lowest BCUT2D eigenvalue weighted by atomic mass is 10.2. The highest BCUT2D eigenvalue weighted by Gasteiger charge is 2.29. The molecule has 1 N–H and O–H groups in total. The summed E-state index contributed by atoms with van der Waals surface area (Å²) < 4.78 is 5.61. The number of carbonyl (C=O) groups is 2. The average molecular weight is 378 g/mol. The fraction of sp³-hybridized carbons (Fsp3) is 0.154. The molecule has 0 saturated carbocycles. The Morgan fingerprint density at radius 1 is 1.50 bits per heavy atom. The number of thioether (sulfide) groups is 1. The van der Waals surface area contributed by atoms with Crippen LogP contribution in [0.1, 0.15) is 5.56 Å². The summed E-state index contributed by atoms with van der Waals surface area (Å²) in [5, 5.41) is 9.21. The normalized spacial score (nSPS) is 16.5. The number of hydrogen-bond acceptors (Lipinski definition) is 5. The number of hydrogen-bond donors (Lipinski definition) is 1. The van der Waals surface area contributed by atoms with Gasteiger partial charge in [0.2, 0.25) is 0 Å². The predicted molar refractivity (Wildman–Crippen MR) is 90.5 cm³/mol. The highest BCUT2D eigenvalue weighted by atomic mass is 35.5. The van der Waals surface area contributed by atoms with E-state index < -0.39 is 12.6 Å². The van der Waals surface area contributed by atoms with E-state index in [9.17, 15) is 9.59 Å². The van der Waals surface area contributed by atoms with Crippen LogP contribution >= 0.6 is 47.2 Å². The highest BCUT2D eigenvalue weighted by Crippen LogP contribution is 2.37. The Morgan fingerprint density at radius 3 is 2.73 bits per heavy atom. The van der Waals surface area contributed by atoms with E-state index in [0.717, 1.165) is 11.8 Å². The first kappa shape index (κ1) is 17.1. The number of thiocarbonyl (C=S) groups is 1. The second kappa shape index (κ2) is 6.87. The fourth-order valence-electron chi connectivity index (χ4n) is 1.66. The van der Waals surface area contributed by atoms with Gasteiger partial charge in [-0.2, -0.15) is 0 Å². The number of benzene rings is 1. The Kier molecular flexibility index (Phi) is 5.33. The van der Waals surface area contributed by atoms with Crippen molar-refractivity contribution in [1.82, 2.24) is 4.90 Å². The molecule has 1 fully saturated rings. The first-order valence-electron chi connectivity index (χ1n) is 5.85. The molecule has 0 bridgehead atoms. The van der Waals surface area contributed by atoms with Gasteiger partial charge in [-0.15, -0.1) is 0 Å². The van der Waals surface area contributed by atoms with Crippen LogP contribution in [0, 0.1) is 0 Å². The molecule has 9 heteroatoms. The lowest BCUT2D eigenvalue weighted by Crippen LogP contribution is -2.22. The number of rotatable bonds is 4. The molecule has 0 aliphatic carbocycles. The standard InChI is InChI=1S/C13H9Cl2NO4S2/c1-16-12(19)9(22-13(16)21)3-6-2-7(14)4-8(15)11(6)20-5-10(17)18/h2-4H,5H2,1H3,(H,17,18). The third-order valence-corrected chi connectivity index (χ3v) is 4.63. The summed E-state index contributed by atoms with van der Waals surface area (Å²) in [6, 6.07) is 2.97. The number of nitrogens with zero attached hydrogens (tertiary/aromatic N) is 1. The number of halogens is 2. The van der Waals surface area contributed by atoms with Gasteiger partial charge in [0.1, 0.15) is 10.1 Å². The molecule has 1 aliphatic rings. The van der Waals surface area contributed by atoms with Crippen molar-refractivity contribution in [2.75, 3.05) is 13.7 Å². The van der Waals surface area contributed by atoms with Crippen LogP contribution in [0.2, 0.25) is 10.0 Å². The molecule has 0 spiro atoms. The van der Waals surface area contributed by atoms with E-state index in [2.05, 4.69) is 0 Å². The molecule has 1 aliphatic heterocycles. The van der Waals surface area contributed by atoms with Crippen molar-refractivity contribution in [3.8, 4) is 5.75 Å². The SMILES string of the molecule is CN1C(=O)C(=Cc2cc(Cl)cc(Cl)c2OCC(=O)O)SC1=S. The topological polar surface area (TPSA) is 66.8 Å². The highest BCUT2D eigenvalue weighted by molar-refractivity contribution is 8.26. The summed E-state index contributed by atoms with van der Waals surface area (Å²) in [6.45, 7) is -0.559. The average Bonchev–Trinajstić information content (AvgIpc) is 2.65. The van der Waals surface area contributed by atoms with Crippen LogP contribution in [0.5, 0.6) is 5.75 Å². The molecule has 1 heterocycles. The van der Waals surface area contributed by atoms with Gasteiger partial charge in [-0.05, 0) is 18.2 Å². The lowest BCUT2D eigenvalue weighted by molar-refractivity contribution is -0.139. The van der Waals surface area contributed by atoms with Gasteiger partial charge < -0.3 is 9.84 Å². The van der Waals surface area contributed by atoms with Gasteiger partial charge in [-0.25, -0.2) is 4.79 Å². The molecule has 22 heavy (non-hydrogen) atoms. The van der Waals surface area contributed by atoms with Crippen molar-refractivity contribution in [3.63, 3.8) is 0 Å². The minimum Gasteiger partial charge on any atom is -0.480 e. The maximum absolute atomic E-state index is 12.0. The van der Waals surface area contributed by atoms with Crippen LogP contribution in [-0.2, 0) is 9.59 Å². The zero-order chi connectivity index (χ0) is 16.4. The molecule has 1 amide bonds. The van der Waals surface area contributed by atoms with Gasteiger partial charge in [0.05, 0.1) is 9.93 Å². The van der Waals surface area contributed by atoms with Gasteiger partial charge in [-0.1, -0.05) is 47.2 Å². The molecule has 0 atom stereocenters. The van der Waals surface area contributed by atoms with Crippen LogP contribution in [0.15, 0.2) is 17.0 Å². The van der Waals surface area contributed by atoms with Crippen LogP contribution in [0.25, 0.3) is 6.08 Å². The van der Waals surface area contributed by atoms with Gasteiger partial charge in [-0.3, -0.25) is 9.69 Å². The molecule has 0 unspecified atom stereocenters. The summed E-state index contributed by atoms with van der Waals surface area (Å²) in [7, 11) is 1.57. The van der Waals surface area contributed by atoms with Crippen LogP contribution in [-0.4, -0.2) is 39.9 Å². The maximum Gasteiger partial charge on any atom is 0.341 e. The van der Waals surface area contributed by atoms with Crippen LogP contribution in [0.3, 0.4) is 0 Å². The van der Waals surface area contributed by atoms with Crippen LogP contribution < -0.4 is 4.74 Å².